The summed E-state index contributed by atoms with van der Waals surface area (Å²) in [4.78, 5) is 18.4. The molecule has 0 aromatic heterocycles. The van der Waals surface area contributed by atoms with Crippen LogP contribution in [-0.2, 0) is 4.79 Å². The molecule has 0 bridgehead atoms. The lowest BCUT2D eigenvalue weighted by Gasteiger charge is -2.23. The summed E-state index contributed by atoms with van der Waals surface area (Å²) in [6.45, 7) is 12.9. The van der Waals surface area contributed by atoms with Crippen molar-refractivity contribution in [1.82, 2.24) is 15.5 Å². The van der Waals surface area contributed by atoms with Gasteiger partial charge in [0.25, 0.3) is 0 Å². The Morgan fingerprint density at radius 3 is 2.52 bits per heavy atom. The number of amides is 1. The number of hydrogen-bond donors (Lipinski definition) is 2. The second-order valence-electron chi connectivity index (χ2n) is 6.17. The van der Waals surface area contributed by atoms with Crippen molar-refractivity contribution >= 4 is 35.8 Å². The quantitative estimate of drug-likeness (QED) is 0.401. The molecule has 1 fully saturated rings. The van der Waals surface area contributed by atoms with E-state index >= 15 is 0 Å². The number of aliphatic imine (C=N–C) groups is 1. The summed E-state index contributed by atoms with van der Waals surface area (Å²) in [5.74, 6) is 1.04. The van der Waals surface area contributed by atoms with Gasteiger partial charge in [0, 0.05) is 32.6 Å². The number of nitrogens with zero attached hydrogens (tertiary/aromatic N) is 2. The van der Waals surface area contributed by atoms with Crippen molar-refractivity contribution in [3.05, 3.63) is 0 Å². The second kappa shape index (κ2) is 10.2. The Balaban J connectivity index is 0.00000400. The van der Waals surface area contributed by atoms with E-state index in [4.69, 9.17) is 0 Å². The highest BCUT2D eigenvalue weighted by Crippen LogP contribution is 2.28. The molecule has 1 saturated heterocycles. The number of carbonyl (C=O) groups is 1. The minimum Gasteiger partial charge on any atom is -0.357 e. The summed E-state index contributed by atoms with van der Waals surface area (Å²) < 4.78 is 0. The molecule has 21 heavy (non-hydrogen) atoms. The molecule has 6 heteroatoms. The van der Waals surface area contributed by atoms with Gasteiger partial charge in [-0.05, 0) is 25.2 Å². The maximum atomic E-state index is 11.6. The molecule has 0 radical (unpaired) electrons. The van der Waals surface area contributed by atoms with E-state index in [0.717, 1.165) is 38.6 Å². The zero-order chi connectivity index (χ0) is 15.0. The Morgan fingerprint density at radius 2 is 2.00 bits per heavy atom. The molecular weight excluding hydrogens is 379 g/mol. The van der Waals surface area contributed by atoms with Gasteiger partial charge in [-0.1, -0.05) is 20.8 Å². The molecule has 0 saturated carbocycles. The van der Waals surface area contributed by atoms with E-state index in [1.54, 1.807) is 0 Å². The number of rotatable bonds is 6. The SMILES string of the molecule is CCCNC(=O)CCN=C(NCC)N1CCC(C)(C)C1.I. The fraction of sp³-hybridized carbons (Fsp3) is 0.867. The standard InChI is InChI=1S/C15H30N4O.HI/c1-5-9-17-13(20)7-10-18-14(16-6-2)19-11-8-15(3,4)12-19;/h5-12H2,1-4H3,(H,16,18)(H,17,20);1H. The molecule has 0 aromatic carbocycles. The molecule has 0 unspecified atom stereocenters. The number of nitrogens with one attached hydrogen (secondary N) is 2. The van der Waals surface area contributed by atoms with Crippen molar-refractivity contribution in [1.29, 1.82) is 0 Å². The van der Waals surface area contributed by atoms with Gasteiger partial charge < -0.3 is 15.5 Å². The number of carbonyl (C=O) groups excluding carboxylic acids is 1. The topological polar surface area (TPSA) is 56.7 Å². The lowest BCUT2D eigenvalue weighted by atomic mass is 9.93. The average Bonchev–Trinajstić information content (AvgIpc) is 2.75. The van der Waals surface area contributed by atoms with Crippen LogP contribution in [0.1, 0.15) is 47.0 Å². The van der Waals surface area contributed by atoms with E-state index in [1.165, 1.54) is 6.42 Å². The molecule has 2 N–H and O–H groups in total. The van der Waals surface area contributed by atoms with Crippen LogP contribution in [0.25, 0.3) is 0 Å². The highest BCUT2D eigenvalue weighted by molar-refractivity contribution is 14.0. The van der Waals surface area contributed by atoms with Gasteiger partial charge in [-0.25, -0.2) is 0 Å². The molecule has 1 amide bonds. The molecule has 0 aromatic rings. The van der Waals surface area contributed by atoms with Crippen molar-refractivity contribution in [2.45, 2.75) is 47.0 Å². The van der Waals surface area contributed by atoms with Gasteiger partial charge in [0.1, 0.15) is 0 Å². The van der Waals surface area contributed by atoms with Crippen LogP contribution < -0.4 is 10.6 Å². The van der Waals surface area contributed by atoms with E-state index in [9.17, 15) is 4.79 Å². The smallest absolute Gasteiger partial charge is 0.221 e. The van der Waals surface area contributed by atoms with Gasteiger partial charge >= 0.3 is 0 Å². The molecule has 1 rings (SSSR count). The van der Waals surface area contributed by atoms with Gasteiger partial charge in [0.15, 0.2) is 5.96 Å². The minimum absolute atomic E-state index is 0. The van der Waals surface area contributed by atoms with Crippen LogP contribution >= 0.6 is 24.0 Å². The third kappa shape index (κ3) is 7.87. The van der Waals surface area contributed by atoms with Crippen LogP contribution in [0.3, 0.4) is 0 Å². The van der Waals surface area contributed by atoms with Crippen LogP contribution in [0.4, 0.5) is 0 Å². The van der Waals surface area contributed by atoms with E-state index in [-0.39, 0.29) is 29.9 Å². The molecule has 124 valence electrons. The van der Waals surface area contributed by atoms with Gasteiger partial charge in [-0.3, -0.25) is 9.79 Å². The highest BCUT2D eigenvalue weighted by atomic mass is 127. The lowest BCUT2D eigenvalue weighted by molar-refractivity contribution is -0.120. The van der Waals surface area contributed by atoms with E-state index < -0.39 is 0 Å². The van der Waals surface area contributed by atoms with Gasteiger partial charge in [-0.15, -0.1) is 24.0 Å². The van der Waals surface area contributed by atoms with Crippen molar-refractivity contribution < 1.29 is 4.79 Å². The molecule has 1 heterocycles. The van der Waals surface area contributed by atoms with Gasteiger partial charge in [-0.2, -0.15) is 0 Å². The first kappa shape index (κ1) is 20.5. The van der Waals surface area contributed by atoms with Crippen LogP contribution in [0.2, 0.25) is 0 Å². The predicted molar refractivity (Wildman–Crippen MR) is 99.3 cm³/mol. The normalized spacial score (nSPS) is 17.3. The third-order valence-corrected chi connectivity index (χ3v) is 3.48. The Hall–Kier alpha value is -0.530. The molecule has 5 nitrogen and oxygen atoms in total. The van der Waals surface area contributed by atoms with Crippen LogP contribution in [-0.4, -0.2) is 49.5 Å². The second-order valence-corrected chi connectivity index (χ2v) is 6.17. The molecule has 1 aliphatic rings. The van der Waals surface area contributed by atoms with Crippen LogP contribution in [0, 0.1) is 5.41 Å². The summed E-state index contributed by atoms with van der Waals surface area (Å²) in [7, 11) is 0. The number of halogens is 1. The monoisotopic (exact) mass is 410 g/mol. The van der Waals surface area contributed by atoms with Crippen molar-refractivity contribution in [2.75, 3.05) is 32.7 Å². The summed E-state index contributed by atoms with van der Waals surface area (Å²) in [5.41, 5.74) is 0.356. The fourth-order valence-electron chi connectivity index (χ4n) is 2.34. The van der Waals surface area contributed by atoms with E-state index in [0.29, 0.717) is 18.4 Å². The molecule has 0 atom stereocenters. The molecule has 0 spiro atoms. The summed E-state index contributed by atoms with van der Waals surface area (Å²) in [6, 6.07) is 0. The maximum absolute atomic E-state index is 11.6. The highest BCUT2D eigenvalue weighted by Gasteiger charge is 2.30. The largest absolute Gasteiger partial charge is 0.357 e. The first-order valence-electron chi connectivity index (χ1n) is 7.78. The maximum Gasteiger partial charge on any atom is 0.221 e. The Kier molecular flexibility index (Phi) is 9.98. The van der Waals surface area contributed by atoms with Crippen molar-refractivity contribution in [2.24, 2.45) is 10.4 Å². The van der Waals surface area contributed by atoms with E-state index in [2.05, 4.69) is 48.2 Å². The van der Waals surface area contributed by atoms with Crippen LogP contribution in [0.15, 0.2) is 4.99 Å². The zero-order valence-corrected chi connectivity index (χ0v) is 16.2. The lowest BCUT2D eigenvalue weighted by Crippen LogP contribution is -2.41. The van der Waals surface area contributed by atoms with Gasteiger partial charge in [0.05, 0.1) is 6.54 Å². The van der Waals surface area contributed by atoms with Crippen molar-refractivity contribution in [3.63, 3.8) is 0 Å². The summed E-state index contributed by atoms with van der Waals surface area (Å²) >= 11 is 0. The van der Waals surface area contributed by atoms with Crippen molar-refractivity contribution in [3.8, 4) is 0 Å². The predicted octanol–water partition coefficient (Wildman–Crippen LogP) is 2.22. The zero-order valence-electron chi connectivity index (χ0n) is 13.9. The first-order valence-corrected chi connectivity index (χ1v) is 7.78. The average molecular weight is 410 g/mol. The molecule has 1 aliphatic heterocycles. The van der Waals surface area contributed by atoms with Gasteiger partial charge in [0.2, 0.25) is 5.91 Å². The number of likely N-dealkylation sites (tertiary alicyclic amines) is 1. The molecule has 0 aliphatic carbocycles. The Bertz CT molecular complexity index is 345. The Morgan fingerprint density at radius 1 is 1.29 bits per heavy atom. The molecular formula is C15H31IN4O. The number of guanidine groups is 1. The number of hydrogen-bond acceptors (Lipinski definition) is 2. The third-order valence-electron chi connectivity index (χ3n) is 3.48. The summed E-state index contributed by atoms with van der Waals surface area (Å²) in [5, 5.41) is 6.20. The summed E-state index contributed by atoms with van der Waals surface area (Å²) in [6.07, 6.45) is 2.63. The first-order chi connectivity index (χ1) is 9.48. The van der Waals surface area contributed by atoms with E-state index in [1.807, 2.05) is 0 Å². The fourth-order valence-corrected chi connectivity index (χ4v) is 2.34. The Labute approximate surface area is 146 Å². The van der Waals surface area contributed by atoms with Crippen LogP contribution in [0.5, 0.6) is 0 Å². The minimum atomic E-state index is 0.